The number of ether oxygens (including phenoxy) is 1. The molecule has 3 nitrogen and oxygen atoms in total. The molecule has 0 aromatic heterocycles. The van der Waals surface area contributed by atoms with Crippen LogP contribution in [0.3, 0.4) is 0 Å². The maximum absolute atomic E-state index is 13.0. The third-order valence-corrected chi connectivity index (χ3v) is 3.18. The number of rotatable bonds is 6. The molecular formula is C18H18FNO2. The molecule has 0 saturated heterocycles. The topological polar surface area (TPSA) is 38.3 Å². The number of nitrogens with one attached hydrogen (secondary N) is 1. The fraction of sp³-hybridized carbons (Fsp3) is 0.167. The third kappa shape index (κ3) is 4.74. The highest BCUT2D eigenvalue weighted by Crippen LogP contribution is 2.18. The average Bonchev–Trinajstić information content (AvgIpc) is 2.54. The van der Waals surface area contributed by atoms with Crippen LogP contribution in [-0.2, 0) is 11.3 Å². The first-order chi connectivity index (χ1) is 10.7. The normalized spacial score (nSPS) is 11.5. The highest BCUT2D eigenvalue weighted by atomic mass is 19.1. The second-order valence-corrected chi connectivity index (χ2v) is 4.83. The van der Waals surface area contributed by atoms with Crippen molar-refractivity contribution in [2.45, 2.75) is 19.1 Å². The lowest BCUT2D eigenvalue weighted by atomic mass is 10.0. The van der Waals surface area contributed by atoms with E-state index in [0.29, 0.717) is 6.42 Å². The summed E-state index contributed by atoms with van der Waals surface area (Å²) in [6.45, 7) is 3.88. The van der Waals surface area contributed by atoms with Crippen molar-refractivity contribution >= 4 is 6.09 Å². The van der Waals surface area contributed by atoms with Crippen molar-refractivity contribution < 1.29 is 13.9 Å². The first kappa shape index (κ1) is 15.8. The molecular weight excluding hydrogens is 281 g/mol. The van der Waals surface area contributed by atoms with Crippen LogP contribution in [0.5, 0.6) is 0 Å². The maximum atomic E-state index is 13.0. The first-order valence-electron chi connectivity index (χ1n) is 7.02. The summed E-state index contributed by atoms with van der Waals surface area (Å²) in [6.07, 6.45) is 1.72. The van der Waals surface area contributed by atoms with Gasteiger partial charge in [0.1, 0.15) is 12.4 Å². The summed E-state index contributed by atoms with van der Waals surface area (Å²) in [5.74, 6) is -0.312. The van der Waals surface area contributed by atoms with Crippen molar-refractivity contribution in [3.05, 3.63) is 84.2 Å². The fourth-order valence-corrected chi connectivity index (χ4v) is 2.05. The molecule has 114 valence electrons. The van der Waals surface area contributed by atoms with Crippen molar-refractivity contribution in [1.82, 2.24) is 5.32 Å². The lowest BCUT2D eigenvalue weighted by Crippen LogP contribution is -2.28. The van der Waals surface area contributed by atoms with Crippen LogP contribution in [0.4, 0.5) is 9.18 Å². The molecule has 22 heavy (non-hydrogen) atoms. The summed E-state index contributed by atoms with van der Waals surface area (Å²) >= 11 is 0. The van der Waals surface area contributed by atoms with Gasteiger partial charge >= 0.3 is 6.09 Å². The molecule has 4 heteroatoms. The Morgan fingerprint density at radius 1 is 1.18 bits per heavy atom. The van der Waals surface area contributed by atoms with Gasteiger partial charge < -0.3 is 10.1 Å². The number of carbonyl (C=O) groups is 1. The summed E-state index contributed by atoms with van der Waals surface area (Å²) in [7, 11) is 0. The lowest BCUT2D eigenvalue weighted by molar-refractivity contribution is 0.135. The molecule has 0 aliphatic heterocycles. The van der Waals surface area contributed by atoms with Gasteiger partial charge in [0.15, 0.2) is 0 Å². The minimum absolute atomic E-state index is 0.205. The Labute approximate surface area is 129 Å². The van der Waals surface area contributed by atoms with Gasteiger partial charge in [-0.05, 0) is 29.7 Å². The number of alkyl carbamates (subject to hydrolysis) is 1. The van der Waals surface area contributed by atoms with E-state index in [1.165, 1.54) is 12.1 Å². The Kier molecular flexibility index (Phi) is 5.72. The Morgan fingerprint density at radius 2 is 1.86 bits per heavy atom. The van der Waals surface area contributed by atoms with Crippen LogP contribution in [0, 0.1) is 5.82 Å². The second-order valence-electron chi connectivity index (χ2n) is 4.83. The predicted molar refractivity (Wildman–Crippen MR) is 83.7 cm³/mol. The summed E-state index contributed by atoms with van der Waals surface area (Å²) in [6, 6.07) is 15.2. The van der Waals surface area contributed by atoms with Crippen LogP contribution < -0.4 is 5.32 Å². The fourth-order valence-electron chi connectivity index (χ4n) is 2.05. The van der Waals surface area contributed by atoms with Gasteiger partial charge in [0, 0.05) is 0 Å². The van der Waals surface area contributed by atoms with Gasteiger partial charge in [-0.15, -0.1) is 6.58 Å². The van der Waals surface area contributed by atoms with Crippen LogP contribution in [0.1, 0.15) is 23.6 Å². The monoisotopic (exact) mass is 299 g/mol. The Hall–Kier alpha value is -2.62. The smallest absolute Gasteiger partial charge is 0.407 e. The number of benzene rings is 2. The molecule has 1 N–H and O–H groups in total. The lowest BCUT2D eigenvalue weighted by Gasteiger charge is -2.17. The first-order valence-corrected chi connectivity index (χ1v) is 7.02. The van der Waals surface area contributed by atoms with Crippen molar-refractivity contribution in [3.63, 3.8) is 0 Å². The van der Waals surface area contributed by atoms with E-state index in [2.05, 4.69) is 11.9 Å². The standard InChI is InChI=1S/C18H18FNO2/c1-2-6-17(15-9-11-16(19)12-10-15)20-18(21)22-13-14-7-4-3-5-8-14/h2-5,7-12,17H,1,6,13H2,(H,20,21). The van der Waals surface area contributed by atoms with Crippen LogP contribution >= 0.6 is 0 Å². The van der Waals surface area contributed by atoms with E-state index >= 15 is 0 Å². The summed E-state index contributed by atoms with van der Waals surface area (Å²) in [5.41, 5.74) is 1.72. The zero-order valence-electron chi connectivity index (χ0n) is 12.2. The Bertz CT molecular complexity index is 611. The van der Waals surface area contributed by atoms with E-state index in [-0.39, 0.29) is 18.5 Å². The van der Waals surface area contributed by atoms with Gasteiger partial charge in [-0.1, -0.05) is 48.5 Å². The van der Waals surface area contributed by atoms with E-state index in [1.807, 2.05) is 30.3 Å². The second kappa shape index (κ2) is 7.98. The quantitative estimate of drug-likeness (QED) is 0.804. The third-order valence-electron chi connectivity index (χ3n) is 3.18. The zero-order chi connectivity index (χ0) is 15.8. The van der Waals surface area contributed by atoms with Crippen LogP contribution in [0.2, 0.25) is 0 Å². The number of amides is 1. The van der Waals surface area contributed by atoms with E-state index in [0.717, 1.165) is 11.1 Å². The minimum Gasteiger partial charge on any atom is -0.445 e. The molecule has 0 aliphatic carbocycles. The van der Waals surface area contributed by atoms with Gasteiger partial charge in [0.25, 0.3) is 0 Å². The van der Waals surface area contributed by atoms with E-state index in [9.17, 15) is 9.18 Å². The van der Waals surface area contributed by atoms with Crippen LogP contribution in [0.25, 0.3) is 0 Å². The Balaban J connectivity index is 1.94. The van der Waals surface area contributed by atoms with Gasteiger partial charge in [-0.2, -0.15) is 0 Å². The Morgan fingerprint density at radius 3 is 2.50 bits per heavy atom. The minimum atomic E-state index is -0.514. The van der Waals surface area contributed by atoms with Crippen LogP contribution in [-0.4, -0.2) is 6.09 Å². The molecule has 2 rings (SSSR count). The number of hydrogen-bond donors (Lipinski definition) is 1. The zero-order valence-corrected chi connectivity index (χ0v) is 12.2. The molecule has 0 fully saturated rings. The molecule has 1 unspecified atom stereocenters. The van der Waals surface area contributed by atoms with Crippen molar-refractivity contribution in [2.24, 2.45) is 0 Å². The van der Waals surface area contributed by atoms with E-state index in [1.54, 1.807) is 18.2 Å². The van der Waals surface area contributed by atoms with Crippen molar-refractivity contribution in [1.29, 1.82) is 0 Å². The largest absolute Gasteiger partial charge is 0.445 e. The maximum Gasteiger partial charge on any atom is 0.407 e. The molecule has 0 radical (unpaired) electrons. The molecule has 0 spiro atoms. The molecule has 1 atom stereocenters. The molecule has 2 aromatic rings. The predicted octanol–water partition coefficient (Wildman–Crippen LogP) is 4.37. The van der Waals surface area contributed by atoms with E-state index in [4.69, 9.17) is 4.74 Å². The van der Waals surface area contributed by atoms with Gasteiger partial charge in [0.2, 0.25) is 0 Å². The number of hydrogen-bond acceptors (Lipinski definition) is 2. The van der Waals surface area contributed by atoms with Crippen LogP contribution in [0.15, 0.2) is 67.3 Å². The van der Waals surface area contributed by atoms with Gasteiger partial charge in [-0.25, -0.2) is 9.18 Å². The van der Waals surface area contributed by atoms with Crippen molar-refractivity contribution in [2.75, 3.05) is 0 Å². The van der Waals surface area contributed by atoms with E-state index < -0.39 is 6.09 Å². The molecule has 0 heterocycles. The summed E-state index contributed by atoms with van der Waals surface area (Å²) in [5, 5.41) is 2.77. The number of halogens is 1. The SMILES string of the molecule is C=CCC(NC(=O)OCc1ccccc1)c1ccc(F)cc1. The van der Waals surface area contributed by atoms with Gasteiger partial charge in [-0.3, -0.25) is 0 Å². The molecule has 0 aliphatic rings. The molecule has 0 saturated carbocycles. The highest BCUT2D eigenvalue weighted by molar-refractivity contribution is 5.68. The molecule has 0 bridgehead atoms. The summed E-state index contributed by atoms with van der Waals surface area (Å²) in [4.78, 5) is 11.9. The number of carbonyl (C=O) groups excluding carboxylic acids is 1. The molecule has 2 aromatic carbocycles. The summed E-state index contributed by atoms with van der Waals surface area (Å²) < 4.78 is 18.2. The highest BCUT2D eigenvalue weighted by Gasteiger charge is 2.14. The average molecular weight is 299 g/mol. The molecule has 1 amide bonds. The van der Waals surface area contributed by atoms with Crippen molar-refractivity contribution in [3.8, 4) is 0 Å². The van der Waals surface area contributed by atoms with Gasteiger partial charge in [0.05, 0.1) is 6.04 Å².